The van der Waals surface area contributed by atoms with Crippen molar-refractivity contribution in [3.8, 4) is 17.4 Å². The Morgan fingerprint density at radius 2 is 2.15 bits per heavy atom. The van der Waals surface area contributed by atoms with Crippen molar-refractivity contribution in [3.63, 3.8) is 0 Å². The second-order valence-electron chi connectivity index (χ2n) is 7.19. The minimum atomic E-state index is -0.165. The van der Waals surface area contributed by atoms with Crippen LogP contribution < -0.4 is 14.8 Å². The minimum absolute atomic E-state index is 0.0266. The number of hydrogen-bond acceptors (Lipinski definition) is 4. The molecule has 0 saturated carbocycles. The number of pyridine rings is 1. The molecule has 1 amide bonds. The van der Waals surface area contributed by atoms with Crippen LogP contribution in [0, 0.1) is 0 Å². The standard InChI is InChI=1S/C21H24N2O3/c1-14(23-15(2)24)5-6-16-7-10-20(22-13-16)25-18-8-9-19-17(11-18)12-21(3,4)26-19/h5-11,13-14H,12H2,1-4H3,(H,23,24)/b6-5+/t14-/m0/s1. The van der Waals surface area contributed by atoms with Crippen molar-refractivity contribution in [1.82, 2.24) is 10.3 Å². The third kappa shape index (κ3) is 4.63. The first-order valence-electron chi connectivity index (χ1n) is 8.72. The van der Waals surface area contributed by atoms with E-state index in [1.807, 2.05) is 49.4 Å². The summed E-state index contributed by atoms with van der Waals surface area (Å²) in [4.78, 5) is 15.4. The Bertz CT molecular complexity index is 826. The van der Waals surface area contributed by atoms with Crippen LogP contribution in [-0.2, 0) is 11.2 Å². The third-order valence-electron chi connectivity index (χ3n) is 4.02. The van der Waals surface area contributed by atoms with E-state index in [1.54, 1.807) is 6.20 Å². The summed E-state index contributed by atoms with van der Waals surface area (Å²) in [5.74, 6) is 2.16. The van der Waals surface area contributed by atoms with E-state index in [-0.39, 0.29) is 17.6 Å². The number of aromatic nitrogens is 1. The van der Waals surface area contributed by atoms with E-state index in [9.17, 15) is 4.79 Å². The highest BCUT2D eigenvalue weighted by atomic mass is 16.5. The third-order valence-corrected chi connectivity index (χ3v) is 4.02. The summed E-state index contributed by atoms with van der Waals surface area (Å²) in [5, 5.41) is 2.80. The van der Waals surface area contributed by atoms with Crippen LogP contribution in [0.4, 0.5) is 0 Å². The van der Waals surface area contributed by atoms with Crippen molar-refractivity contribution in [2.75, 3.05) is 0 Å². The van der Waals surface area contributed by atoms with E-state index in [2.05, 4.69) is 24.1 Å². The van der Waals surface area contributed by atoms with Crippen LogP contribution in [0.15, 0.2) is 42.6 Å². The molecule has 3 rings (SSSR count). The van der Waals surface area contributed by atoms with Crippen LogP contribution in [0.2, 0.25) is 0 Å². The highest BCUT2D eigenvalue weighted by Crippen LogP contribution is 2.37. The Kier molecular flexibility index (Phi) is 4.98. The van der Waals surface area contributed by atoms with Gasteiger partial charge in [-0.1, -0.05) is 12.2 Å². The predicted octanol–water partition coefficient (Wildman–Crippen LogP) is 4.13. The van der Waals surface area contributed by atoms with Gasteiger partial charge in [-0.2, -0.15) is 0 Å². The molecule has 1 N–H and O–H groups in total. The molecule has 1 aliphatic rings. The number of benzene rings is 1. The second-order valence-corrected chi connectivity index (χ2v) is 7.19. The first-order chi connectivity index (χ1) is 12.3. The van der Waals surface area contributed by atoms with E-state index < -0.39 is 0 Å². The van der Waals surface area contributed by atoms with Gasteiger partial charge in [-0.3, -0.25) is 4.79 Å². The van der Waals surface area contributed by atoms with E-state index in [1.165, 1.54) is 6.92 Å². The molecule has 5 heteroatoms. The van der Waals surface area contributed by atoms with Gasteiger partial charge in [-0.05, 0) is 50.6 Å². The number of hydrogen-bond donors (Lipinski definition) is 1. The van der Waals surface area contributed by atoms with Gasteiger partial charge >= 0.3 is 0 Å². The maximum absolute atomic E-state index is 11.0. The lowest BCUT2D eigenvalue weighted by molar-refractivity contribution is -0.119. The summed E-state index contributed by atoms with van der Waals surface area (Å²) < 4.78 is 11.7. The second kappa shape index (κ2) is 7.20. The number of carbonyl (C=O) groups is 1. The number of rotatable bonds is 5. The molecule has 0 radical (unpaired) electrons. The normalized spacial score (nSPS) is 16.0. The fourth-order valence-electron chi connectivity index (χ4n) is 2.95. The number of carbonyl (C=O) groups excluding carboxylic acids is 1. The molecule has 1 aromatic heterocycles. The van der Waals surface area contributed by atoms with Gasteiger partial charge in [-0.25, -0.2) is 4.98 Å². The Labute approximate surface area is 154 Å². The molecule has 26 heavy (non-hydrogen) atoms. The van der Waals surface area contributed by atoms with Crippen LogP contribution in [-0.4, -0.2) is 22.5 Å². The van der Waals surface area contributed by atoms with E-state index in [0.717, 1.165) is 29.0 Å². The van der Waals surface area contributed by atoms with Crippen LogP contribution in [0.3, 0.4) is 0 Å². The van der Waals surface area contributed by atoms with Crippen molar-refractivity contribution in [2.45, 2.75) is 45.8 Å². The largest absolute Gasteiger partial charge is 0.487 e. The summed E-state index contributed by atoms with van der Waals surface area (Å²) >= 11 is 0. The van der Waals surface area contributed by atoms with Gasteiger partial charge < -0.3 is 14.8 Å². The molecular weight excluding hydrogens is 328 g/mol. The molecule has 0 fully saturated rings. The maximum Gasteiger partial charge on any atom is 0.219 e. The summed E-state index contributed by atoms with van der Waals surface area (Å²) in [5.41, 5.74) is 1.93. The van der Waals surface area contributed by atoms with Crippen molar-refractivity contribution in [3.05, 3.63) is 53.7 Å². The van der Waals surface area contributed by atoms with Crippen molar-refractivity contribution >= 4 is 12.0 Å². The monoisotopic (exact) mass is 352 g/mol. The van der Waals surface area contributed by atoms with E-state index in [0.29, 0.717) is 5.88 Å². The molecule has 0 spiro atoms. The zero-order chi connectivity index (χ0) is 18.7. The zero-order valence-electron chi connectivity index (χ0n) is 15.6. The van der Waals surface area contributed by atoms with Crippen LogP contribution >= 0.6 is 0 Å². The smallest absolute Gasteiger partial charge is 0.219 e. The molecule has 0 bridgehead atoms. The highest BCUT2D eigenvalue weighted by Gasteiger charge is 2.30. The number of nitrogens with zero attached hydrogens (tertiary/aromatic N) is 1. The van der Waals surface area contributed by atoms with Gasteiger partial charge in [0.1, 0.15) is 17.1 Å². The lowest BCUT2D eigenvalue weighted by Gasteiger charge is -2.16. The van der Waals surface area contributed by atoms with Gasteiger partial charge in [0.05, 0.1) is 0 Å². The van der Waals surface area contributed by atoms with Crippen molar-refractivity contribution < 1.29 is 14.3 Å². The topological polar surface area (TPSA) is 60.5 Å². The molecule has 0 aliphatic carbocycles. The Morgan fingerprint density at radius 1 is 1.35 bits per heavy atom. The van der Waals surface area contributed by atoms with E-state index in [4.69, 9.17) is 9.47 Å². The van der Waals surface area contributed by atoms with Crippen LogP contribution in [0.25, 0.3) is 6.08 Å². The lowest BCUT2D eigenvalue weighted by Crippen LogP contribution is -2.28. The van der Waals surface area contributed by atoms with Gasteiger partial charge in [0, 0.05) is 37.2 Å². The molecule has 136 valence electrons. The molecule has 0 saturated heterocycles. The Hall–Kier alpha value is -2.82. The maximum atomic E-state index is 11.0. The Balaban J connectivity index is 1.63. The highest BCUT2D eigenvalue weighted by molar-refractivity contribution is 5.73. The molecule has 2 heterocycles. The number of fused-ring (bicyclic) bond motifs is 1. The van der Waals surface area contributed by atoms with E-state index >= 15 is 0 Å². The molecule has 1 aromatic carbocycles. The molecule has 0 unspecified atom stereocenters. The van der Waals surface area contributed by atoms with Gasteiger partial charge in [0.2, 0.25) is 11.8 Å². The summed E-state index contributed by atoms with van der Waals surface area (Å²) in [7, 11) is 0. The predicted molar refractivity (Wildman–Crippen MR) is 101 cm³/mol. The first-order valence-corrected chi connectivity index (χ1v) is 8.72. The average Bonchev–Trinajstić information content (AvgIpc) is 2.87. The summed E-state index contributed by atoms with van der Waals surface area (Å²) in [6.45, 7) is 7.58. The average molecular weight is 352 g/mol. The lowest BCUT2D eigenvalue weighted by atomic mass is 10.0. The Morgan fingerprint density at radius 3 is 2.85 bits per heavy atom. The number of nitrogens with one attached hydrogen (secondary N) is 1. The fourth-order valence-corrected chi connectivity index (χ4v) is 2.95. The van der Waals surface area contributed by atoms with Crippen molar-refractivity contribution in [2.24, 2.45) is 0 Å². The first kappa shape index (κ1) is 18.0. The molecular formula is C21H24N2O3. The van der Waals surface area contributed by atoms with Crippen LogP contribution in [0.5, 0.6) is 17.4 Å². The van der Waals surface area contributed by atoms with Crippen molar-refractivity contribution in [1.29, 1.82) is 0 Å². The number of ether oxygens (including phenoxy) is 2. The summed E-state index contributed by atoms with van der Waals surface area (Å²) in [6.07, 6.45) is 6.45. The summed E-state index contributed by atoms with van der Waals surface area (Å²) in [6, 6.07) is 9.58. The molecule has 5 nitrogen and oxygen atoms in total. The molecule has 2 aromatic rings. The quantitative estimate of drug-likeness (QED) is 0.879. The fraction of sp³-hybridized carbons (Fsp3) is 0.333. The number of amides is 1. The van der Waals surface area contributed by atoms with Crippen LogP contribution in [0.1, 0.15) is 38.8 Å². The molecule has 1 atom stereocenters. The molecule has 1 aliphatic heterocycles. The van der Waals surface area contributed by atoms with Gasteiger partial charge in [-0.15, -0.1) is 0 Å². The zero-order valence-corrected chi connectivity index (χ0v) is 15.6. The SMILES string of the molecule is CC(=O)N[C@@H](C)/C=C/c1ccc(Oc2ccc3c(c2)CC(C)(C)O3)nc1. The van der Waals surface area contributed by atoms with Gasteiger partial charge in [0.25, 0.3) is 0 Å². The van der Waals surface area contributed by atoms with Gasteiger partial charge in [0.15, 0.2) is 0 Å². The minimum Gasteiger partial charge on any atom is -0.487 e.